The van der Waals surface area contributed by atoms with Crippen molar-refractivity contribution in [3.8, 4) is 0 Å². The fraction of sp³-hybridized carbons (Fsp3) is 0.500. The lowest BCUT2D eigenvalue weighted by Gasteiger charge is -2.23. The number of hydrogen-bond donors (Lipinski definition) is 1. The first-order valence-corrected chi connectivity index (χ1v) is 5.83. The summed E-state index contributed by atoms with van der Waals surface area (Å²) in [6.07, 6.45) is -2.41. The number of alkyl halides is 2. The molecule has 1 aromatic carbocycles. The monoisotopic (exact) mass is 263 g/mol. The zero-order valence-electron chi connectivity index (χ0n) is 9.58. The quantitative estimate of drug-likeness (QED) is 0.854. The van der Waals surface area contributed by atoms with E-state index in [2.05, 4.69) is 0 Å². The standard InChI is InChI=1S/C12H16ClF2NO/c1-2-10(16)12(17-7-11(14)15)8-4-3-5-9(13)6-8/h3-6,10-12H,2,7,16H2,1H3. The SMILES string of the molecule is CCC(N)C(OCC(F)F)c1cccc(Cl)c1. The van der Waals surface area contributed by atoms with Crippen LogP contribution in [0.2, 0.25) is 5.02 Å². The van der Waals surface area contributed by atoms with Gasteiger partial charge in [-0.2, -0.15) is 0 Å². The average Bonchev–Trinajstić information content (AvgIpc) is 2.28. The van der Waals surface area contributed by atoms with Crippen molar-refractivity contribution in [1.82, 2.24) is 0 Å². The van der Waals surface area contributed by atoms with Crippen LogP contribution in [0.15, 0.2) is 24.3 Å². The van der Waals surface area contributed by atoms with Gasteiger partial charge in [0.05, 0.1) is 6.10 Å². The Morgan fingerprint density at radius 2 is 2.12 bits per heavy atom. The summed E-state index contributed by atoms with van der Waals surface area (Å²) in [4.78, 5) is 0. The number of ether oxygens (including phenoxy) is 1. The predicted octanol–water partition coefficient (Wildman–Crippen LogP) is 3.40. The molecule has 17 heavy (non-hydrogen) atoms. The first-order chi connectivity index (χ1) is 8.04. The minimum Gasteiger partial charge on any atom is -0.366 e. The number of rotatable bonds is 6. The molecule has 0 bridgehead atoms. The van der Waals surface area contributed by atoms with Crippen molar-refractivity contribution in [2.24, 2.45) is 5.73 Å². The Morgan fingerprint density at radius 3 is 2.65 bits per heavy atom. The summed E-state index contributed by atoms with van der Waals surface area (Å²) in [7, 11) is 0. The molecule has 0 saturated carbocycles. The van der Waals surface area contributed by atoms with Gasteiger partial charge in [0.15, 0.2) is 0 Å². The molecular formula is C12H16ClF2NO. The van der Waals surface area contributed by atoms with Gasteiger partial charge >= 0.3 is 0 Å². The molecule has 0 fully saturated rings. The van der Waals surface area contributed by atoms with Gasteiger partial charge < -0.3 is 10.5 Å². The molecule has 5 heteroatoms. The van der Waals surface area contributed by atoms with Crippen molar-refractivity contribution in [2.75, 3.05) is 6.61 Å². The summed E-state index contributed by atoms with van der Waals surface area (Å²) >= 11 is 5.85. The van der Waals surface area contributed by atoms with E-state index in [1.807, 2.05) is 6.92 Å². The first-order valence-electron chi connectivity index (χ1n) is 5.45. The summed E-state index contributed by atoms with van der Waals surface area (Å²) in [6.45, 7) is 1.26. The lowest BCUT2D eigenvalue weighted by atomic mass is 10.0. The highest BCUT2D eigenvalue weighted by molar-refractivity contribution is 6.30. The molecular weight excluding hydrogens is 248 g/mol. The highest BCUT2D eigenvalue weighted by Gasteiger charge is 2.21. The maximum absolute atomic E-state index is 12.2. The van der Waals surface area contributed by atoms with Gasteiger partial charge in [0, 0.05) is 11.1 Å². The molecule has 0 spiro atoms. The van der Waals surface area contributed by atoms with Crippen molar-refractivity contribution in [1.29, 1.82) is 0 Å². The molecule has 96 valence electrons. The van der Waals surface area contributed by atoms with Gasteiger partial charge in [-0.15, -0.1) is 0 Å². The number of benzene rings is 1. The highest BCUT2D eigenvalue weighted by Crippen LogP contribution is 2.25. The van der Waals surface area contributed by atoms with Crippen LogP contribution in [0.1, 0.15) is 25.0 Å². The zero-order chi connectivity index (χ0) is 12.8. The van der Waals surface area contributed by atoms with Gasteiger partial charge in [-0.3, -0.25) is 0 Å². The molecule has 1 aromatic rings. The molecule has 0 amide bonds. The Kier molecular flexibility index (Phi) is 5.82. The van der Waals surface area contributed by atoms with Crippen LogP contribution in [0.4, 0.5) is 8.78 Å². The summed E-state index contributed by atoms with van der Waals surface area (Å²) in [6, 6.07) is 6.60. The van der Waals surface area contributed by atoms with E-state index in [0.29, 0.717) is 11.4 Å². The highest BCUT2D eigenvalue weighted by atomic mass is 35.5. The molecule has 2 atom stereocenters. The van der Waals surface area contributed by atoms with Gasteiger partial charge in [0.25, 0.3) is 6.43 Å². The first kappa shape index (κ1) is 14.4. The van der Waals surface area contributed by atoms with Crippen LogP contribution in [0.25, 0.3) is 0 Å². The van der Waals surface area contributed by atoms with Crippen molar-refractivity contribution in [3.05, 3.63) is 34.9 Å². The fourth-order valence-electron chi connectivity index (χ4n) is 1.54. The van der Waals surface area contributed by atoms with E-state index in [1.54, 1.807) is 24.3 Å². The molecule has 0 aliphatic heterocycles. The minimum absolute atomic E-state index is 0.327. The van der Waals surface area contributed by atoms with E-state index < -0.39 is 19.1 Å². The molecule has 2 nitrogen and oxygen atoms in total. The lowest BCUT2D eigenvalue weighted by Crippen LogP contribution is -2.30. The molecule has 0 aliphatic rings. The van der Waals surface area contributed by atoms with Gasteiger partial charge in [-0.25, -0.2) is 8.78 Å². The van der Waals surface area contributed by atoms with Crippen LogP contribution in [0.5, 0.6) is 0 Å². The maximum Gasteiger partial charge on any atom is 0.261 e. The largest absolute Gasteiger partial charge is 0.366 e. The van der Waals surface area contributed by atoms with Crippen molar-refractivity contribution < 1.29 is 13.5 Å². The molecule has 0 saturated heterocycles. The van der Waals surface area contributed by atoms with E-state index in [4.69, 9.17) is 22.1 Å². The summed E-state index contributed by atoms with van der Waals surface area (Å²) in [5.41, 5.74) is 6.60. The Labute approximate surface area is 105 Å². The maximum atomic E-state index is 12.2. The number of hydrogen-bond acceptors (Lipinski definition) is 2. The third-order valence-corrected chi connectivity index (χ3v) is 2.67. The topological polar surface area (TPSA) is 35.2 Å². The van der Waals surface area contributed by atoms with Gasteiger partial charge in [0.2, 0.25) is 0 Å². The Hall–Kier alpha value is -0.710. The lowest BCUT2D eigenvalue weighted by molar-refractivity contribution is -0.0351. The average molecular weight is 264 g/mol. The van der Waals surface area contributed by atoms with Crippen LogP contribution >= 0.6 is 11.6 Å². The van der Waals surface area contributed by atoms with Crippen LogP contribution in [-0.4, -0.2) is 19.1 Å². The molecule has 0 aromatic heterocycles. The van der Waals surface area contributed by atoms with Crippen LogP contribution in [0, 0.1) is 0 Å². The second kappa shape index (κ2) is 6.89. The van der Waals surface area contributed by atoms with Gasteiger partial charge in [-0.1, -0.05) is 30.7 Å². The Morgan fingerprint density at radius 1 is 1.41 bits per heavy atom. The summed E-state index contributed by atoms with van der Waals surface area (Å²) in [5.74, 6) is 0. The van der Waals surface area contributed by atoms with E-state index >= 15 is 0 Å². The minimum atomic E-state index is -2.50. The van der Waals surface area contributed by atoms with Crippen molar-refractivity contribution in [3.63, 3.8) is 0 Å². The van der Waals surface area contributed by atoms with Crippen LogP contribution in [-0.2, 0) is 4.74 Å². The molecule has 2 unspecified atom stereocenters. The van der Waals surface area contributed by atoms with E-state index in [0.717, 1.165) is 5.56 Å². The second-order valence-corrected chi connectivity index (χ2v) is 4.21. The molecule has 0 radical (unpaired) electrons. The van der Waals surface area contributed by atoms with E-state index in [9.17, 15) is 8.78 Å². The zero-order valence-corrected chi connectivity index (χ0v) is 10.3. The van der Waals surface area contributed by atoms with Gasteiger partial charge in [-0.05, 0) is 24.1 Å². The van der Waals surface area contributed by atoms with E-state index in [-0.39, 0.29) is 6.04 Å². The Bertz CT molecular complexity index is 349. The van der Waals surface area contributed by atoms with Crippen molar-refractivity contribution in [2.45, 2.75) is 31.9 Å². The smallest absolute Gasteiger partial charge is 0.261 e. The fourth-order valence-corrected chi connectivity index (χ4v) is 1.74. The third kappa shape index (κ3) is 4.58. The molecule has 0 aliphatic carbocycles. The molecule has 1 rings (SSSR count). The molecule has 2 N–H and O–H groups in total. The number of halogens is 3. The van der Waals surface area contributed by atoms with Gasteiger partial charge in [0.1, 0.15) is 6.61 Å². The Balaban J connectivity index is 2.82. The number of nitrogens with two attached hydrogens (primary N) is 1. The van der Waals surface area contributed by atoms with Crippen LogP contribution < -0.4 is 5.73 Å². The third-order valence-electron chi connectivity index (χ3n) is 2.44. The normalized spacial score (nSPS) is 14.9. The van der Waals surface area contributed by atoms with Crippen LogP contribution in [0.3, 0.4) is 0 Å². The second-order valence-electron chi connectivity index (χ2n) is 3.77. The summed E-state index contributed by atoms with van der Waals surface area (Å²) in [5, 5.41) is 0.538. The van der Waals surface area contributed by atoms with E-state index in [1.165, 1.54) is 0 Å². The predicted molar refractivity (Wildman–Crippen MR) is 64.4 cm³/mol. The molecule has 0 heterocycles. The summed E-state index contributed by atoms with van der Waals surface area (Å²) < 4.78 is 29.5. The van der Waals surface area contributed by atoms with Crippen molar-refractivity contribution >= 4 is 11.6 Å².